The molecular weight excluding hydrogens is 270 g/mol. The molecule has 0 atom stereocenters. The summed E-state index contributed by atoms with van der Waals surface area (Å²) >= 11 is 0. The van der Waals surface area contributed by atoms with Crippen molar-refractivity contribution in [1.82, 2.24) is 4.72 Å². The van der Waals surface area contributed by atoms with Crippen molar-refractivity contribution in [3.8, 4) is 11.5 Å². The summed E-state index contributed by atoms with van der Waals surface area (Å²) in [6, 6.07) is 3.35. The minimum absolute atomic E-state index is 0.270. The van der Waals surface area contributed by atoms with Crippen molar-refractivity contribution in [2.45, 2.75) is 0 Å². The molecule has 1 aromatic carbocycles. The van der Waals surface area contributed by atoms with Gasteiger partial charge in [-0.1, -0.05) is 0 Å². The van der Waals surface area contributed by atoms with Crippen LogP contribution in [0.5, 0.6) is 11.5 Å². The van der Waals surface area contributed by atoms with Gasteiger partial charge in [0.2, 0.25) is 10.0 Å². The van der Waals surface area contributed by atoms with Crippen molar-refractivity contribution < 1.29 is 17.9 Å². The summed E-state index contributed by atoms with van der Waals surface area (Å²) in [6.45, 7) is 0.680. The average Bonchev–Trinajstić information content (AvgIpc) is 2.34. The molecule has 8 heteroatoms. The van der Waals surface area contributed by atoms with Crippen LogP contribution in [0.1, 0.15) is 0 Å². The highest BCUT2D eigenvalue weighted by Gasteiger charge is 2.09. The van der Waals surface area contributed by atoms with Crippen molar-refractivity contribution in [2.75, 3.05) is 44.6 Å². The summed E-state index contributed by atoms with van der Waals surface area (Å²) in [5, 5.41) is 3.02. The molecule has 0 fully saturated rings. The lowest BCUT2D eigenvalue weighted by atomic mass is 10.2. The summed E-state index contributed by atoms with van der Waals surface area (Å²) in [5.74, 6) is 1.09. The van der Waals surface area contributed by atoms with E-state index in [1.807, 2.05) is 0 Å². The highest BCUT2D eigenvalue weighted by atomic mass is 32.2. The number of nitrogens with two attached hydrogens (primary N) is 1. The van der Waals surface area contributed by atoms with Crippen LogP contribution in [0.3, 0.4) is 0 Å². The molecule has 0 bridgehead atoms. The first kappa shape index (κ1) is 15.4. The molecule has 4 N–H and O–H groups in total. The second-order valence-electron chi connectivity index (χ2n) is 3.89. The first-order valence-corrected chi connectivity index (χ1v) is 7.46. The maximum atomic E-state index is 10.9. The Morgan fingerprint density at radius 1 is 1.16 bits per heavy atom. The first-order valence-electron chi connectivity index (χ1n) is 5.57. The van der Waals surface area contributed by atoms with Crippen molar-refractivity contribution in [3.05, 3.63) is 12.1 Å². The molecule has 1 aromatic rings. The lowest BCUT2D eigenvalue weighted by molar-refractivity contribution is 0.355. The smallest absolute Gasteiger partial charge is 0.208 e. The van der Waals surface area contributed by atoms with E-state index < -0.39 is 10.0 Å². The molecule has 108 valence electrons. The number of hydrogen-bond donors (Lipinski definition) is 3. The van der Waals surface area contributed by atoms with Crippen LogP contribution in [0.2, 0.25) is 0 Å². The Balaban J connectivity index is 2.68. The molecule has 0 aliphatic rings. The van der Waals surface area contributed by atoms with Crippen LogP contribution in [-0.4, -0.2) is 42.0 Å². The van der Waals surface area contributed by atoms with Crippen LogP contribution in [0.25, 0.3) is 0 Å². The first-order chi connectivity index (χ1) is 8.87. The second kappa shape index (κ2) is 6.48. The average molecular weight is 289 g/mol. The zero-order valence-corrected chi connectivity index (χ0v) is 12.0. The van der Waals surface area contributed by atoms with Gasteiger partial charge in [0.05, 0.1) is 31.9 Å². The number of rotatable bonds is 7. The number of sulfonamides is 1. The van der Waals surface area contributed by atoms with Crippen LogP contribution < -0.4 is 25.2 Å². The minimum Gasteiger partial charge on any atom is -0.493 e. The summed E-state index contributed by atoms with van der Waals surface area (Å²) in [5.41, 5.74) is 7.01. The van der Waals surface area contributed by atoms with Crippen LogP contribution in [0, 0.1) is 0 Å². The quantitative estimate of drug-likeness (QED) is 0.491. The van der Waals surface area contributed by atoms with E-state index >= 15 is 0 Å². The Kier molecular flexibility index (Phi) is 5.25. The van der Waals surface area contributed by atoms with E-state index in [0.717, 1.165) is 6.26 Å². The van der Waals surface area contributed by atoms with Crippen LogP contribution in [0.15, 0.2) is 12.1 Å². The van der Waals surface area contributed by atoms with E-state index in [-0.39, 0.29) is 6.54 Å². The molecule has 0 spiro atoms. The summed E-state index contributed by atoms with van der Waals surface area (Å²) in [7, 11) is -0.119. The predicted octanol–water partition coefficient (Wildman–Crippen LogP) is 0.247. The van der Waals surface area contributed by atoms with Gasteiger partial charge in [-0.25, -0.2) is 13.1 Å². The molecule has 0 unspecified atom stereocenters. The fourth-order valence-corrected chi connectivity index (χ4v) is 1.95. The highest BCUT2D eigenvalue weighted by molar-refractivity contribution is 7.88. The van der Waals surface area contributed by atoms with Gasteiger partial charge in [-0.05, 0) is 0 Å². The Labute approximate surface area is 113 Å². The Morgan fingerprint density at radius 2 is 1.74 bits per heavy atom. The SMILES string of the molecule is COc1cc(N)c(NCCNS(C)(=O)=O)cc1OC. The van der Waals surface area contributed by atoms with Crippen molar-refractivity contribution in [3.63, 3.8) is 0 Å². The number of hydrogen-bond acceptors (Lipinski definition) is 6. The molecule has 0 amide bonds. The van der Waals surface area contributed by atoms with Gasteiger partial charge in [-0.2, -0.15) is 0 Å². The molecular formula is C11H19N3O4S. The van der Waals surface area contributed by atoms with E-state index in [9.17, 15) is 8.42 Å². The van der Waals surface area contributed by atoms with E-state index in [1.165, 1.54) is 14.2 Å². The van der Waals surface area contributed by atoms with E-state index in [0.29, 0.717) is 29.4 Å². The monoisotopic (exact) mass is 289 g/mol. The van der Waals surface area contributed by atoms with Gasteiger partial charge in [0.1, 0.15) is 0 Å². The maximum absolute atomic E-state index is 10.9. The van der Waals surface area contributed by atoms with Crippen LogP contribution >= 0.6 is 0 Å². The number of nitrogen functional groups attached to an aromatic ring is 1. The number of anilines is 2. The zero-order valence-electron chi connectivity index (χ0n) is 11.2. The molecule has 19 heavy (non-hydrogen) atoms. The minimum atomic E-state index is -3.18. The zero-order chi connectivity index (χ0) is 14.5. The third-order valence-electron chi connectivity index (χ3n) is 2.36. The molecule has 0 aromatic heterocycles. The summed E-state index contributed by atoms with van der Waals surface area (Å²) in [6.07, 6.45) is 1.11. The fraction of sp³-hybridized carbons (Fsp3) is 0.455. The van der Waals surface area contributed by atoms with Crippen molar-refractivity contribution in [2.24, 2.45) is 0 Å². The molecule has 0 radical (unpaired) electrons. The number of nitrogens with one attached hydrogen (secondary N) is 2. The largest absolute Gasteiger partial charge is 0.493 e. The third-order valence-corrected chi connectivity index (χ3v) is 3.09. The van der Waals surface area contributed by atoms with Gasteiger partial charge in [-0.15, -0.1) is 0 Å². The maximum Gasteiger partial charge on any atom is 0.208 e. The van der Waals surface area contributed by atoms with E-state index in [4.69, 9.17) is 15.2 Å². The standard InChI is InChI=1S/C11H19N3O4S/c1-17-10-6-8(12)9(7-11(10)18-2)13-4-5-14-19(3,15)16/h6-7,13-14H,4-5,12H2,1-3H3. The van der Waals surface area contributed by atoms with Gasteiger partial charge >= 0.3 is 0 Å². The van der Waals surface area contributed by atoms with E-state index in [1.54, 1.807) is 12.1 Å². The molecule has 0 saturated carbocycles. The second-order valence-corrected chi connectivity index (χ2v) is 5.72. The van der Waals surface area contributed by atoms with Gasteiger partial charge < -0.3 is 20.5 Å². The summed E-state index contributed by atoms with van der Waals surface area (Å²) < 4.78 is 34.4. The number of methoxy groups -OCH3 is 2. The lowest BCUT2D eigenvalue weighted by Crippen LogP contribution is -2.27. The Hall–Kier alpha value is -1.67. The Bertz CT molecular complexity index is 531. The van der Waals surface area contributed by atoms with Gasteiger partial charge in [0.25, 0.3) is 0 Å². The normalized spacial score (nSPS) is 11.1. The van der Waals surface area contributed by atoms with Crippen molar-refractivity contribution >= 4 is 21.4 Å². The third kappa shape index (κ3) is 4.84. The molecule has 0 aliphatic carbocycles. The van der Waals surface area contributed by atoms with Gasteiger partial charge in [0.15, 0.2) is 11.5 Å². The van der Waals surface area contributed by atoms with E-state index in [2.05, 4.69) is 10.0 Å². The molecule has 0 saturated heterocycles. The van der Waals surface area contributed by atoms with Gasteiger partial charge in [-0.3, -0.25) is 0 Å². The van der Waals surface area contributed by atoms with Crippen LogP contribution in [0.4, 0.5) is 11.4 Å². The van der Waals surface area contributed by atoms with Crippen molar-refractivity contribution in [1.29, 1.82) is 0 Å². The summed E-state index contributed by atoms with van der Waals surface area (Å²) in [4.78, 5) is 0. The molecule has 0 aliphatic heterocycles. The lowest BCUT2D eigenvalue weighted by Gasteiger charge is -2.14. The molecule has 0 heterocycles. The fourth-order valence-electron chi connectivity index (χ4n) is 1.48. The topological polar surface area (TPSA) is 103 Å². The number of benzene rings is 1. The molecule has 7 nitrogen and oxygen atoms in total. The molecule has 1 rings (SSSR count). The van der Waals surface area contributed by atoms with Gasteiger partial charge in [0, 0.05) is 25.2 Å². The predicted molar refractivity (Wildman–Crippen MR) is 75.3 cm³/mol. The Morgan fingerprint density at radius 3 is 2.26 bits per heavy atom. The number of ether oxygens (including phenoxy) is 2. The van der Waals surface area contributed by atoms with Crippen LogP contribution in [-0.2, 0) is 10.0 Å². The highest BCUT2D eigenvalue weighted by Crippen LogP contribution is 2.34.